The van der Waals surface area contributed by atoms with Gasteiger partial charge in [-0.1, -0.05) is 11.6 Å². The van der Waals surface area contributed by atoms with Gasteiger partial charge >= 0.3 is 0 Å². The van der Waals surface area contributed by atoms with Crippen LogP contribution in [0.5, 0.6) is 5.88 Å². The number of fused-ring (bicyclic) bond motifs is 3. The molecule has 2 heterocycles. The first kappa shape index (κ1) is 10.4. The molecule has 0 radical (unpaired) electrons. The molecular weight excluding hydrogens is 236 g/mol. The number of methoxy groups -OCH3 is 1. The third-order valence-corrected chi connectivity index (χ3v) is 3.04. The Balaban J connectivity index is 2.50. The number of benzene rings is 1. The van der Waals surface area contributed by atoms with Crippen LogP contribution in [-0.4, -0.2) is 16.5 Å². The van der Waals surface area contributed by atoms with Crippen molar-refractivity contribution in [3.05, 3.63) is 41.2 Å². The highest BCUT2D eigenvalue weighted by Crippen LogP contribution is 2.28. The molecule has 1 aromatic carbocycles. The van der Waals surface area contributed by atoms with E-state index in [9.17, 15) is 0 Å². The maximum Gasteiger partial charge on any atom is 0.238 e. The van der Waals surface area contributed by atoms with Crippen molar-refractivity contribution in [3.8, 4) is 5.88 Å². The first-order valence-corrected chi connectivity index (χ1v) is 5.69. The van der Waals surface area contributed by atoms with Crippen LogP contribution in [0.1, 0.15) is 5.69 Å². The molecule has 0 aliphatic rings. The lowest BCUT2D eigenvalue weighted by atomic mass is 10.2. The topological polar surface area (TPSA) is 26.5 Å². The second-order valence-corrected chi connectivity index (χ2v) is 4.43. The molecule has 0 bridgehead atoms. The molecule has 3 nitrogen and oxygen atoms in total. The Labute approximate surface area is 104 Å². The fourth-order valence-electron chi connectivity index (χ4n) is 2.09. The lowest BCUT2D eigenvalue weighted by Crippen LogP contribution is -1.95. The number of aryl methyl sites for hydroxylation is 1. The summed E-state index contributed by atoms with van der Waals surface area (Å²) in [4.78, 5) is 4.36. The summed E-state index contributed by atoms with van der Waals surface area (Å²) in [5.74, 6) is 0.636. The van der Waals surface area contributed by atoms with E-state index in [4.69, 9.17) is 16.3 Å². The van der Waals surface area contributed by atoms with E-state index < -0.39 is 0 Å². The Bertz CT molecular complexity index is 718. The monoisotopic (exact) mass is 246 g/mol. The molecule has 17 heavy (non-hydrogen) atoms. The van der Waals surface area contributed by atoms with Gasteiger partial charge in [-0.15, -0.1) is 0 Å². The highest BCUT2D eigenvalue weighted by Gasteiger charge is 2.09. The Morgan fingerprint density at radius 3 is 2.82 bits per heavy atom. The number of halogens is 1. The molecule has 2 aromatic heterocycles. The van der Waals surface area contributed by atoms with Gasteiger partial charge in [-0.2, -0.15) is 0 Å². The first-order chi connectivity index (χ1) is 8.19. The Morgan fingerprint density at radius 2 is 2.06 bits per heavy atom. The molecule has 0 aliphatic carbocycles. The summed E-state index contributed by atoms with van der Waals surface area (Å²) >= 11 is 6.00. The lowest BCUT2D eigenvalue weighted by molar-refractivity contribution is 0.400. The van der Waals surface area contributed by atoms with Crippen LogP contribution >= 0.6 is 11.6 Å². The molecule has 3 rings (SSSR count). The minimum absolute atomic E-state index is 0.636. The average Bonchev–Trinajstić information content (AvgIpc) is 2.65. The van der Waals surface area contributed by atoms with Gasteiger partial charge in [0.2, 0.25) is 5.88 Å². The summed E-state index contributed by atoms with van der Waals surface area (Å²) in [6.45, 7) is 1.95. The quantitative estimate of drug-likeness (QED) is 0.657. The minimum Gasteiger partial charge on any atom is -0.479 e. The van der Waals surface area contributed by atoms with Gasteiger partial charge in [0.05, 0.1) is 18.3 Å². The molecule has 4 heteroatoms. The fraction of sp³-hybridized carbons (Fsp3) is 0.154. The molecular formula is C13H11ClN2O. The first-order valence-electron chi connectivity index (χ1n) is 5.31. The Morgan fingerprint density at radius 1 is 1.24 bits per heavy atom. The summed E-state index contributed by atoms with van der Waals surface area (Å²) in [5.41, 5.74) is 2.98. The molecule has 3 aromatic rings. The smallest absolute Gasteiger partial charge is 0.238 e. The van der Waals surface area contributed by atoms with Gasteiger partial charge in [-0.25, -0.2) is 4.98 Å². The molecule has 0 saturated heterocycles. The van der Waals surface area contributed by atoms with Crippen LogP contribution in [-0.2, 0) is 0 Å². The predicted octanol–water partition coefficient (Wildman–Crippen LogP) is 3.46. The van der Waals surface area contributed by atoms with E-state index in [1.807, 2.05) is 37.4 Å². The standard InChI is InChI=1S/C13H11ClN2O/c1-8-7-16-11-4-3-10(14)5-9(11)6-12(16)13(15-8)17-2/h3-7H,1-2H3. The molecule has 0 unspecified atom stereocenters. The van der Waals surface area contributed by atoms with Crippen LogP contribution in [0.25, 0.3) is 16.4 Å². The molecule has 0 spiro atoms. The van der Waals surface area contributed by atoms with Gasteiger partial charge < -0.3 is 9.14 Å². The third-order valence-electron chi connectivity index (χ3n) is 2.81. The summed E-state index contributed by atoms with van der Waals surface area (Å²) in [6, 6.07) is 7.87. The van der Waals surface area contributed by atoms with Crippen molar-refractivity contribution in [3.63, 3.8) is 0 Å². The normalized spacial score (nSPS) is 11.2. The second-order valence-electron chi connectivity index (χ2n) is 3.99. The minimum atomic E-state index is 0.636. The van der Waals surface area contributed by atoms with Crippen LogP contribution in [0.4, 0.5) is 0 Å². The number of ether oxygens (including phenoxy) is 1. The summed E-state index contributed by atoms with van der Waals surface area (Å²) in [7, 11) is 1.63. The van der Waals surface area contributed by atoms with Crippen LogP contribution < -0.4 is 4.74 Å². The van der Waals surface area contributed by atoms with Crippen molar-refractivity contribution in [2.45, 2.75) is 6.92 Å². The van der Waals surface area contributed by atoms with Gasteiger partial charge in [0.1, 0.15) is 5.52 Å². The second kappa shape index (κ2) is 3.64. The van der Waals surface area contributed by atoms with E-state index in [-0.39, 0.29) is 0 Å². The SMILES string of the molecule is COc1nc(C)cn2c1cc1cc(Cl)ccc12. The predicted molar refractivity (Wildman–Crippen MR) is 69.0 cm³/mol. The molecule has 0 fully saturated rings. The van der Waals surface area contributed by atoms with E-state index in [0.717, 1.165) is 27.1 Å². The number of nitrogens with zero attached hydrogens (tertiary/aromatic N) is 2. The van der Waals surface area contributed by atoms with Gasteiger partial charge in [-0.3, -0.25) is 0 Å². The molecule has 0 N–H and O–H groups in total. The highest BCUT2D eigenvalue weighted by atomic mass is 35.5. The average molecular weight is 247 g/mol. The molecule has 0 saturated carbocycles. The third kappa shape index (κ3) is 1.54. The number of hydrogen-bond donors (Lipinski definition) is 0. The van der Waals surface area contributed by atoms with Crippen molar-refractivity contribution < 1.29 is 4.74 Å². The van der Waals surface area contributed by atoms with Crippen molar-refractivity contribution >= 4 is 28.0 Å². The van der Waals surface area contributed by atoms with E-state index in [1.54, 1.807) is 7.11 Å². The maximum atomic E-state index is 6.00. The van der Waals surface area contributed by atoms with Crippen LogP contribution in [0.2, 0.25) is 5.02 Å². The van der Waals surface area contributed by atoms with Crippen molar-refractivity contribution in [1.29, 1.82) is 0 Å². The number of hydrogen-bond acceptors (Lipinski definition) is 2. The van der Waals surface area contributed by atoms with Crippen molar-refractivity contribution in [2.75, 3.05) is 7.11 Å². The van der Waals surface area contributed by atoms with E-state index in [0.29, 0.717) is 5.88 Å². The van der Waals surface area contributed by atoms with Gasteiger partial charge in [0.15, 0.2) is 0 Å². The lowest BCUT2D eigenvalue weighted by Gasteiger charge is -2.04. The van der Waals surface area contributed by atoms with Gasteiger partial charge in [0.25, 0.3) is 0 Å². The molecule has 0 aliphatic heterocycles. The van der Waals surface area contributed by atoms with Gasteiger partial charge in [-0.05, 0) is 31.2 Å². The maximum absolute atomic E-state index is 6.00. The zero-order valence-corrected chi connectivity index (χ0v) is 10.3. The number of rotatable bonds is 1. The summed E-state index contributed by atoms with van der Waals surface area (Å²) < 4.78 is 7.38. The van der Waals surface area contributed by atoms with Crippen molar-refractivity contribution in [1.82, 2.24) is 9.38 Å². The van der Waals surface area contributed by atoms with Crippen molar-refractivity contribution in [2.24, 2.45) is 0 Å². The fourth-order valence-corrected chi connectivity index (χ4v) is 2.27. The zero-order chi connectivity index (χ0) is 12.0. The van der Waals surface area contributed by atoms with E-state index in [1.165, 1.54) is 0 Å². The molecule has 0 amide bonds. The van der Waals surface area contributed by atoms with Crippen LogP contribution in [0.3, 0.4) is 0 Å². The van der Waals surface area contributed by atoms with Gasteiger partial charge in [0, 0.05) is 16.6 Å². The van der Waals surface area contributed by atoms with Crippen LogP contribution in [0.15, 0.2) is 30.5 Å². The molecule has 86 valence electrons. The summed E-state index contributed by atoms with van der Waals surface area (Å²) in [6.07, 6.45) is 1.99. The largest absolute Gasteiger partial charge is 0.479 e. The summed E-state index contributed by atoms with van der Waals surface area (Å²) in [5, 5.41) is 1.82. The van der Waals surface area contributed by atoms with E-state index >= 15 is 0 Å². The zero-order valence-electron chi connectivity index (χ0n) is 9.57. The number of aromatic nitrogens is 2. The van der Waals surface area contributed by atoms with E-state index in [2.05, 4.69) is 9.38 Å². The Hall–Kier alpha value is -1.74. The Kier molecular flexibility index (Phi) is 2.23. The highest BCUT2D eigenvalue weighted by molar-refractivity contribution is 6.31. The molecule has 0 atom stereocenters. The van der Waals surface area contributed by atoms with Crippen LogP contribution in [0, 0.1) is 6.92 Å².